The summed E-state index contributed by atoms with van der Waals surface area (Å²) in [7, 11) is 0. The highest BCUT2D eigenvalue weighted by Gasteiger charge is 2.32. The van der Waals surface area contributed by atoms with E-state index in [1.807, 2.05) is 6.07 Å². The predicted molar refractivity (Wildman–Crippen MR) is 92.0 cm³/mol. The van der Waals surface area contributed by atoms with Crippen molar-refractivity contribution in [3.8, 4) is 0 Å². The van der Waals surface area contributed by atoms with Crippen LogP contribution in [0.1, 0.15) is 44.6 Å². The first-order valence-corrected chi connectivity index (χ1v) is 8.77. The summed E-state index contributed by atoms with van der Waals surface area (Å²) in [6.45, 7) is 2.18. The van der Waals surface area contributed by atoms with Gasteiger partial charge in [0.2, 0.25) is 0 Å². The van der Waals surface area contributed by atoms with E-state index in [4.69, 9.17) is 0 Å². The molecule has 0 fully saturated rings. The van der Waals surface area contributed by atoms with Crippen molar-refractivity contribution >= 4 is 23.5 Å². The Morgan fingerprint density at radius 1 is 1.36 bits per heavy atom. The summed E-state index contributed by atoms with van der Waals surface area (Å²) in [6, 6.07) is 6.97. The number of nitrogens with zero attached hydrogens (tertiary/aromatic N) is 1. The van der Waals surface area contributed by atoms with Crippen LogP contribution in [0.25, 0.3) is 0 Å². The second kappa shape index (κ2) is 7.00. The quantitative estimate of drug-likeness (QED) is 0.623. The van der Waals surface area contributed by atoms with Gasteiger partial charge in [-0.1, -0.05) is 25.1 Å². The van der Waals surface area contributed by atoms with Crippen LogP contribution < -0.4 is 5.43 Å². The van der Waals surface area contributed by atoms with Gasteiger partial charge in [0.05, 0.1) is 16.7 Å². The smallest absolute Gasteiger partial charge is 0.266 e. The van der Waals surface area contributed by atoms with Crippen molar-refractivity contribution in [3.63, 3.8) is 0 Å². The molecule has 1 amide bonds. The number of hydrogen-bond donors (Lipinski definition) is 1. The number of carbonyl (C=O) groups excluding carboxylic acids is 1. The fourth-order valence-corrected chi connectivity index (χ4v) is 4.00. The Morgan fingerprint density at radius 2 is 2.12 bits per heavy atom. The number of halogens is 3. The highest BCUT2D eigenvalue weighted by atomic mass is 32.1. The van der Waals surface area contributed by atoms with Gasteiger partial charge in [-0.25, -0.2) is 5.43 Å². The Bertz CT molecular complexity index is 811. The Kier molecular flexibility index (Phi) is 4.94. The molecule has 1 N–H and O–H groups in total. The van der Waals surface area contributed by atoms with Crippen molar-refractivity contribution in [2.45, 2.75) is 32.4 Å². The van der Waals surface area contributed by atoms with Gasteiger partial charge >= 0.3 is 6.18 Å². The molecule has 0 saturated carbocycles. The number of carbonyl (C=O) groups is 1. The van der Waals surface area contributed by atoms with Crippen LogP contribution >= 0.6 is 11.3 Å². The number of benzene rings is 1. The summed E-state index contributed by atoms with van der Waals surface area (Å²) in [6.07, 6.45) is -0.397. The standard InChI is InChI=1S/C18H17F3N2OS/c1-11-6-7-15-13(8-11)9-16(25-15)17(24)23-22-10-12-4-2-3-5-14(12)18(19,20)21/h2-5,9-11H,6-8H2,1H3,(H,23,24)/b22-10-/t11-/m1/s1. The van der Waals surface area contributed by atoms with Gasteiger partial charge in [0.15, 0.2) is 0 Å². The van der Waals surface area contributed by atoms with E-state index in [1.54, 1.807) is 0 Å². The molecule has 1 atom stereocenters. The largest absolute Gasteiger partial charge is 0.417 e. The molecule has 0 bridgehead atoms. The highest BCUT2D eigenvalue weighted by Crippen LogP contribution is 2.32. The van der Waals surface area contributed by atoms with Crippen LogP contribution in [0.4, 0.5) is 13.2 Å². The number of hydrazone groups is 1. The average Bonchev–Trinajstić information content (AvgIpc) is 2.97. The third-order valence-electron chi connectivity index (χ3n) is 4.19. The molecule has 0 saturated heterocycles. The van der Waals surface area contributed by atoms with Crippen LogP contribution in [0.3, 0.4) is 0 Å². The van der Waals surface area contributed by atoms with Gasteiger partial charge in [-0.05, 0) is 42.9 Å². The SMILES string of the molecule is C[C@@H]1CCc2sc(C(=O)N/N=C\c3ccccc3C(F)(F)F)cc2C1. The third-order valence-corrected chi connectivity index (χ3v) is 5.42. The highest BCUT2D eigenvalue weighted by molar-refractivity contribution is 7.14. The normalized spacial score (nSPS) is 17.5. The lowest BCUT2D eigenvalue weighted by molar-refractivity contribution is -0.137. The van der Waals surface area contributed by atoms with Crippen molar-refractivity contribution < 1.29 is 18.0 Å². The molecule has 0 spiro atoms. The monoisotopic (exact) mass is 366 g/mol. The second-order valence-corrected chi connectivity index (χ2v) is 7.33. The molecule has 1 aromatic heterocycles. The van der Waals surface area contributed by atoms with Crippen molar-refractivity contribution in [3.05, 3.63) is 56.8 Å². The van der Waals surface area contributed by atoms with Gasteiger partial charge in [0, 0.05) is 10.4 Å². The Balaban J connectivity index is 1.70. The van der Waals surface area contributed by atoms with E-state index in [-0.39, 0.29) is 5.56 Å². The lowest BCUT2D eigenvalue weighted by Crippen LogP contribution is -2.17. The van der Waals surface area contributed by atoms with Crippen LogP contribution in [-0.4, -0.2) is 12.1 Å². The summed E-state index contributed by atoms with van der Waals surface area (Å²) < 4.78 is 38.7. The number of nitrogens with one attached hydrogen (secondary N) is 1. The number of thiophene rings is 1. The van der Waals surface area contributed by atoms with E-state index in [2.05, 4.69) is 17.5 Å². The molecular formula is C18H17F3N2OS. The molecule has 1 aromatic carbocycles. The number of aryl methyl sites for hydroxylation is 1. The Morgan fingerprint density at radius 3 is 2.88 bits per heavy atom. The van der Waals surface area contributed by atoms with Crippen LogP contribution in [-0.2, 0) is 19.0 Å². The van der Waals surface area contributed by atoms with E-state index < -0.39 is 17.6 Å². The van der Waals surface area contributed by atoms with Crippen LogP contribution in [0, 0.1) is 5.92 Å². The maximum absolute atomic E-state index is 12.9. The van der Waals surface area contributed by atoms with Crippen LogP contribution in [0.5, 0.6) is 0 Å². The number of alkyl halides is 3. The minimum absolute atomic E-state index is 0.0883. The number of rotatable bonds is 3. The Labute approximate surface area is 147 Å². The molecule has 3 nitrogen and oxygen atoms in total. The van der Waals surface area contributed by atoms with E-state index in [9.17, 15) is 18.0 Å². The zero-order chi connectivity index (χ0) is 18.0. The predicted octanol–water partition coefficient (Wildman–Crippen LogP) is 4.66. The summed E-state index contributed by atoms with van der Waals surface area (Å²) in [4.78, 5) is 13.9. The zero-order valence-electron chi connectivity index (χ0n) is 13.6. The topological polar surface area (TPSA) is 41.5 Å². The van der Waals surface area contributed by atoms with Gasteiger partial charge in [0.25, 0.3) is 5.91 Å². The summed E-state index contributed by atoms with van der Waals surface area (Å²) in [5.74, 6) is 0.211. The number of amides is 1. The van der Waals surface area contributed by atoms with Gasteiger partial charge in [0.1, 0.15) is 0 Å². The van der Waals surface area contributed by atoms with Crippen molar-refractivity contribution in [1.29, 1.82) is 0 Å². The first kappa shape index (κ1) is 17.7. The Hall–Kier alpha value is -2.15. The fraction of sp³-hybridized carbons (Fsp3) is 0.333. The summed E-state index contributed by atoms with van der Waals surface area (Å²) >= 11 is 1.43. The van der Waals surface area contributed by atoms with Crippen LogP contribution in [0.2, 0.25) is 0 Å². The number of fused-ring (bicyclic) bond motifs is 1. The lowest BCUT2D eigenvalue weighted by Gasteiger charge is -2.16. The molecule has 3 rings (SSSR count). The molecular weight excluding hydrogens is 349 g/mol. The van der Waals surface area contributed by atoms with Gasteiger partial charge in [-0.2, -0.15) is 18.3 Å². The molecule has 1 aliphatic carbocycles. The van der Waals surface area contributed by atoms with E-state index >= 15 is 0 Å². The first-order valence-electron chi connectivity index (χ1n) is 7.96. The van der Waals surface area contributed by atoms with Crippen LogP contribution in [0.15, 0.2) is 35.4 Å². The first-order chi connectivity index (χ1) is 11.8. The molecule has 7 heteroatoms. The number of hydrogen-bond acceptors (Lipinski definition) is 3. The molecule has 0 unspecified atom stereocenters. The molecule has 0 radical (unpaired) electrons. The molecule has 132 valence electrons. The van der Waals surface area contributed by atoms with Gasteiger partial charge in [-0.3, -0.25) is 4.79 Å². The van der Waals surface area contributed by atoms with Gasteiger partial charge in [-0.15, -0.1) is 11.3 Å². The zero-order valence-corrected chi connectivity index (χ0v) is 14.4. The average molecular weight is 366 g/mol. The molecule has 2 aromatic rings. The maximum Gasteiger partial charge on any atom is 0.417 e. The second-order valence-electron chi connectivity index (χ2n) is 6.19. The molecule has 0 aliphatic heterocycles. The fourth-order valence-electron chi connectivity index (χ4n) is 2.90. The van der Waals surface area contributed by atoms with E-state index in [1.165, 1.54) is 40.0 Å². The van der Waals surface area contributed by atoms with E-state index in [0.717, 1.165) is 31.5 Å². The molecule has 25 heavy (non-hydrogen) atoms. The summed E-state index contributed by atoms with van der Waals surface area (Å²) in [5, 5.41) is 3.70. The van der Waals surface area contributed by atoms with Crippen molar-refractivity contribution in [1.82, 2.24) is 5.43 Å². The van der Waals surface area contributed by atoms with Crippen molar-refractivity contribution in [2.24, 2.45) is 11.0 Å². The maximum atomic E-state index is 12.9. The molecule has 1 aliphatic rings. The van der Waals surface area contributed by atoms with E-state index in [0.29, 0.717) is 10.8 Å². The summed E-state index contributed by atoms with van der Waals surface area (Å²) in [5.41, 5.74) is 2.64. The third kappa shape index (κ3) is 4.10. The van der Waals surface area contributed by atoms with Gasteiger partial charge < -0.3 is 0 Å². The lowest BCUT2D eigenvalue weighted by atomic mass is 9.90. The van der Waals surface area contributed by atoms with Crippen molar-refractivity contribution in [2.75, 3.05) is 0 Å². The molecule has 1 heterocycles. The minimum Gasteiger partial charge on any atom is -0.266 e. The minimum atomic E-state index is -4.46.